The molecule has 0 aliphatic heterocycles. The highest BCUT2D eigenvalue weighted by Crippen LogP contribution is 1.96. The molecule has 0 amide bonds. The number of nitriles is 1. The van der Waals surface area contributed by atoms with Crippen LogP contribution in [0.5, 0.6) is 0 Å². The molecule has 0 aromatic carbocycles. The van der Waals surface area contributed by atoms with Crippen LogP contribution in [-0.4, -0.2) is 18.0 Å². The van der Waals surface area contributed by atoms with Crippen LogP contribution in [0.1, 0.15) is 13.8 Å². The van der Waals surface area contributed by atoms with E-state index in [0.717, 1.165) is 0 Å². The van der Waals surface area contributed by atoms with Crippen LogP contribution in [0.3, 0.4) is 0 Å². The molecular weight excluding hydrogens is 160 g/mol. The molecule has 0 aliphatic rings. The smallest absolute Gasteiger partial charge is 0.345 e. The SMILES string of the molecule is CC(C)C(=O)OC(=O)[C@@H](N)C#N. The van der Waals surface area contributed by atoms with Gasteiger partial charge in [0.15, 0.2) is 6.04 Å². The molecule has 0 unspecified atom stereocenters. The van der Waals surface area contributed by atoms with Crippen molar-refractivity contribution in [3.63, 3.8) is 0 Å². The fraction of sp³-hybridized carbons (Fsp3) is 0.571. The van der Waals surface area contributed by atoms with Gasteiger partial charge in [-0.3, -0.25) is 4.79 Å². The largest absolute Gasteiger partial charge is 0.391 e. The van der Waals surface area contributed by atoms with Crippen molar-refractivity contribution < 1.29 is 14.3 Å². The van der Waals surface area contributed by atoms with E-state index in [1.807, 2.05) is 0 Å². The van der Waals surface area contributed by atoms with Gasteiger partial charge in [0.25, 0.3) is 0 Å². The summed E-state index contributed by atoms with van der Waals surface area (Å²) >= 11 is 0. The molecule has 1 atom stereocenters. The third-order valence-corrected chi connectivity index (χ3v) is 1.07. The van der Waals surface area contributed by atoms with E-state index in [1.165, 1.54) is 6.07 Å². The third kappa shape index (κ3) is 3.12. The molecule has 0 bridgehead atoms. The molecule has 0 aromatic heterocycles. The van der Waals surface area contributed by atoms with Crippen LogP contribution in [-0.2, 0) is 14.3 Å². The van der Waals surface area contributed by atoms with E-state index in [2.05, 4.69) is 4.74 Å². The van der Waals surface area contributed by atoms with Gasteiger partial charge in [-0.2, -0.15) is 5.26 Å². The second-order valence-corrected chi connectivity index (χ2v) is 2.50. The molecule has 0 fully saturated rings. The summed E-state index contributed by atoms with van der Waals surface area (Å²) in [6.07, 6.45) is 0. The number of rotatable bonds is 2. The van der Waals surface area contributed by atoms with E-state index in [4.69, 9.17) is 11.0 Å². The number of esters is 2. The molecule has 0 spiro atoms. The summed E-state index contributed by atoms with van der Waals surface area (Å²) < 4.78 is 4.24. The van der Waals surface area contributed by atoms with Crippen molar-refractivity contribution in [3.8, 4) is 6.07 Å². The zero-order valence-electron chi connectivity index (χ0n) is 6.90. The van der Waals surface area contributed by atoms with Crippen LogP contribution in [0.25, 0.3) is 0 Å². The van der Waals surface area contributed by atoms with Gasteiger partial charge in [0.1, 0.15) is 0 Å². The van der Waals surface area contributed by atoms with Crippen molar-refractivity contribution in [1.82, 2.24) is 0 Å². The Hall–Kier alpha value is -1.41. The van der Waals surface area contributed by atoms with Crippen LogP contribution in [0.2, 0.25) is 0 Å². The van der Waals surface area contributed by atoms with Crippen molar-refractivity contribution in [2.75, 3.05) is 0 Å². The normalized spacial score (nSPS) is 11.9. The molecule has 0 aromatic rings. The zero-order valence-corrected chi connectivity index (χ0v) is 6.90. The van der Waals surface area contributed by atoms with Gasteiger partial charge in [-0.1, -0.05) is 13.8 Å². The third-order valence-electron chi connectivity index (χ3n) is 1.07. The van der Waals surface area contributed by atoms with E-state index in [-0.39, 0.29) is 0 Å². The summed E-state index contributed by atoms with van der Waals surface area (Å²) in [7, 11) is 0. The molecule has 12 heavy (non-hydrogen) atoms. The molecule has 5 nitrogen and oxygen atoms in total. The average Bonchev–Trinajstić information content (AvgIpc) is 2.02. The van der Waals surface area contributed by atoms with Crippen molar-refractivity contribution in [2.45, 2.75) is 19.9 Å². The lowest BCUT2D eigenvalue weighted by Crippen LogP contribution is -2.33. The van der Waals surface area contributed by atoms with Crippen LogP contribution >= 0.6 is 0 Å². The van der Waals surface area contributed by atoms with Gasteiger partial charge in [0.05, 0.1) is 12.0 Å². The maximum absolute atomic E-state index is 10.8. The fourth-order valence-electron chi connectivity index (χ4n) is 0.333. The van der Waals surface area contributed by atoms with E-state index in [9.17, 15) is 9.59 Å². The van der Waals surface area contributed by atoms with Gasteiger partial charge < -0.3 is 10.5 Å². The monoisotopic (exact) mass is 170 g/mol. The molecule has 0 rings (SSSR count). The number of carbonyl (C=O) groups is 2. The Morgan fingerprint density at radius 1 is 1.42 bits per heavy atom. The first-order valence-corrected chi connectivity index (χ1v) is 3.39. The Labute approximate surface area is 70.1 Å². The number of carbonyl (C=O) groups excluding carboxylic acids is 2. The molecule has 0 radical (unpaired) electrons. The predicted molar refractivity (Wildman–Crippen MR) is 39.5 cm³/mol. The Balaban J connectivity index is 4.04. The Kier molecular flexibility index (Phi) is 3.94. The van der Waals surface area contributed by atoms with Crippen LogP contribution in [0.4, 0.5) is 0 Å². The molecule has 0 saturated heterocycles. The van der Waals surface area contributed by atoms with E-state index in [0.29, 0.717) is 0 Å². The summed E-state index contributed by atoms with van der Waals surface area (Å²) in [6.45, 7) is 3.15. The van der Waals surface area contributed by atoms with Gasteiger partial charge in [0.2, 0.25) is 0 Å². The zero-order chi connectivity index (χ0) is 9.72. The highest BCUT2D eigenvalue weighted by molar-refractivity contribution is 5.90. The Bertz CT molecular complexity index is 229. The average molecular weight is 170 g/mol. The molecule has 2 N–H and O–H groups in total. The molecule has 0 heterocycles. The Morgan fingerprint density at radius 3 is 2.25 bits per heavy atom. The summed E-state index contributed by atoms with van der Waals surface area (Å²) in [4.78, 5) is 21.5. The summed E-state index contributed by atoms with van der Waals surface area (Å²) in [5.74, 6) is -2.08. The summed E-state index contributed by atoms with van der Waals surface area (Å²) in [5, 5.41) is 8.17. The van der Waals surface area contributed by atoms with E-state index >= 15 is 0 Å². The number of hydrogen-bond acceptors (Lipinski definition) is 5. The second kappa shape index (κ2) is 4.46. The topological polar surface area (TPSA) is 93.2 Å². The maximum atomic E-state index is 10.8. The highest BCUT2D eigenvalue weighted by Gasteiger charge is 2.19. The van der Waals surface area contributed by atoms with Crippen LogP contribution in [0, 0.1) is 17.2 Å². The van der Waals surface area contributed by atoms with Crippen molar-refractivity contribution in [1.29, 1.82) is 5.26 Å². The number of ether oxygens (including phenoxy) is 1. The van der Waals surface area contributed by atoms with E-state index in [1.54, 1.807) is 13.8 Å². The second-order valence-electron chi connectivity index (χ2n) is 2.50. The number of hydrogen-bond donors (Lipinski definition) is 1. The fourth-order valence-corrected chi connectivity index (χ4v) is 0.333. The molecular formula is C7H10N2O3. The van der Waals surface area contributed by atoms with Crippen molar-refractivity contribution >= 4 is 11.9 Å². The van der Waals surface area contributed by atoms with Gasteiger partial charge in [-0.15, -0.1) is 0 Å². The van der Waals surface area contributed by atoms with Crippen molar-refractivity contribution in [3.05, 3.63) is 0 Å². The van der Waals surface area contributed by atoms with Crippen LogP contribution in [0.15, 0.2) is 0 Å². The number of nitrogens with two attached hydrogens (primary N) is 1. The lowest BCUT2D eigenvalue weighted by molar-refractivity contribution is -0.162. The highest BCUT2D eigenvalue weighted by atomic mass is 16.6. The summed E-state index contributed by atoms with van der Waals surface area (Å²) in [6, 6.07) is 0.0782. The minimum Gasteiger partial charge on any atom is -0.391 e. The van der Waals surface area contributed by atoms with Gasteiger partial charge in [0, 0.05) is 0 Å². The standard InChI is InChI=1S/C7H10N2O3/c1-4(2)6(10)12-7(11)5(9)3-8/h4-5H,9H2,1-2H3/t5-/m0/s1. The quantitative estimate of drug-likeness (QED) is 0.448. The van der Waals surface area contributed by atoms with Crippen molar-refractivity contribution in [2.24, 2.45) is 11.7 Å². The molecule has 0 aliphatic carbocycles. The van der Waals surface area contributed by atoms with Crippen LogP contribution < -0.4 is 5.73 Å². The lowest BCUT2D eigenvalue weighted by Gasteiger charge is -2.05. The lowest BCUT2D eigenvalue weighted by atomic mass is 10.2. The maximum Gasteiger partial charge on any atom is 0.345 e. The molecule has 66 valence electrons. The Morgan fingerprint density at radius 2 is 1.92 bits per heavy atom. The van der Waals surface area contributed by atoms with Gasteiger partial charge in [-0.25, -0.2) is 4.79 Å². The first-order chi connectivity index (χ1) is 5.49. The first-order valence-electron chi connectivity index (χ1n) is 3.39. The predicted octanol–water partition coefficient (Wildman–Crippen LogP) is -0.437. The van der Waals surface area contributed by atoms with Gasteiger partial charge in [-0.05, 0) is 0 Å². The minimum absolute atomic E-state index is 0.403. The van der Waals surface area contributed by atoms with Gasteiger partial charge >= 0.3 is 11.9 Å². The minimum atomic E-state index is -1.38. The molecule has 5 heteroatoms. The molecule has 0 saturated carbocycles. The first kappa shape index (κ1) is 10.6. The summed E-state index contributed by atoms with van der Waals surface area (Å²) in [5.41, 5.74) is 4.98. The number of nitrogens with zero attached hydrogens (tertiary/aromatic N) is 1. The van der Waals surface area contributed by atoms with E-state index < -0.39 is 23.9 Å².